The fourth-order valence-corrected chi connectivity index (χ4v) is 3.92. The summed E-state index contributed by atoms with van der Waals surface area (Å²) in [6.45, 7) is 5.99. The van der Waals surface area contributed by atoms with Crippen molar-refractivity contribution >= 4 is 28.0 Å². The van der Waals surface area contributed by atoms with E-state index in [2.05, 4.69) is 61.4 Å². The molecule has 1 aromatic carbocycles. The highest BCUT2D eigenvalue weighted by Gasteiger charge is 2.31. The van der Waals surface area contributed by atoms with Gasteiger partial charge in [0.2, 0.25) is 0 Å². The number of rotatable bonds is 3. The average Bonchev–Trinajstić information content (AvgIpc) is 3.37. The molecule has 0 unspecified atom stereocenters. The van der Waals surface area contributed by atoms with Crippen LogP contribution in [0.4, 0.5) is 5.82 Å². The third-order valence-corrected chi connectivity index (χ3v) is 5.22. The molecule has 0 amide bonds. The van der Waals surface area contributed by atoms with Crippen LogP contribution in [0.3, 0.4) is 0 Å². The van der Waals surface area contributed by atoms with Gasteiger partial charge in [0.25, 0.3) is 0 Å². The summed E-state index contributed by atoms with van der Waals surface area (Å²) >= 11 is 0. The van der Waals surface area contributed by atoms with Crippen molar-refractivity contribution in [3.05, 3.63) is 42.2 Å². The summed E-state index contributed by atoms with van der Waals surface area (Å²) in [7, 11) is 0. The minimum absolute atomic E-state index is 0.188. The van der Waals surface area contributed by atoms with Crippen LogP contribution in [-0.2, 0) is 6.54 Å². The van der Waals surface area contributed by atoms with Gasteiger partial charge in [0.1, 0.15) is 12.2 Å². The van der Waals surface area contributed by atoms with Gasteiger partial charge >= 0.3 is 0 Å². The number of nitrogens with zero attached hydrogens (tertiary/aromatic N) is 6. The van der Waals surface area contributed by atoms with Crippen LogP contribution in [0.5, 0.6) is 0 Å². The largest absolute Gasteiger partial charge is 0.344 e. The lowest BCUT2D eigenvalue weighted by Crippen LogP contribution is -2.24. The molecule has 1 saturated heterocycles. The van der Waals surface area contributed by atoms with E-state index in [-0.39, 0.29) is 6.04 Å². The summed E-state index contributed by atoms with van der Waals surface area (Å²) in [5.74, 6) is 1.91. The number of aromatic amines is 1. The molecule has 4 heterocycles. The lowest BCUT2D eigenvalue weighted by molar-refractivity contribution is 0.673. The first kappa shape index (κ1) is 15.3. The van der Waals surface area contributed by atoms with Crippen LogP contribution in [0.2, 0.25) is 0 Å². The quantitative estimate of drug-likeness (QED) is 0.615. The van der Waals surface area contributed by atoms with E-state index in [1.54, 1.807) is 6.33 Å². The van der Waals surface area contributed by atoms with Gasteiger partial charge in [-0.15, -0.1) is 0 Å². The summed E-state index contributed by atoms with van der Waals surface area (Å²) in [4.78, 5) is 24.3. The Morgan fingerprint density at radius 3 is 3.04 bits per heavy atom. The standard InChI is InChI=1S/C19H21N7/c1-3-25-11-22-16-18(25)20-10-21-19(16)26-8-4-5-15(26)17-23-13-7-6-12(2)9-14(13)24-17/h6-7,9-11,15H,3-5,8H2,1-2H3,(H,23,24)/t15-/m1/s1. The van der Waals surface area contributed by atoms with Crippen molar-refractivity contribution in [1.29, 1.82) is 0 Å². The van der Waals surface area contributed by atoms with Crippen molar-refractivity contribution in [1.82, 2.24) is 29.5 Å². The summed E-state index contributed by atoms with van der Waals surface area (Å²) < 4.78 is 2.05. The number of aromatic nitrogens is 6. The van der Waals surface area contributed by atoms with Gasteiger partial charge in [0.15, 0.2) is 17.0 Å². The zero-order valence-electron chi connectivity index (χ0n) is 15.0. The highest BCUT2D eigenvalue weighted by molar-refractivity contribution is 5.84. The molecule has 1 fully saturated rings. The van der Waals surface area contributed by atoms with Crippen molar-refractivity contribution in [2.24, 2.45) is 0 Å². The van der Waals surface area contributed by atoms with E-state index >= 15 is 0 Å². The van der Waals surface area contributed by atoms with Crippen LogP contribution in [0, 0.1) is 6.92 Å². The third-order valence-electron chi connectivity index (χ3n) is 5.22. The van der Waals surface area contributed by atoms with Crippen LogP contribution >= 0.6 is 0 Å². The monoisotopic (exact) mass is 347 g/mol. The molecule has 0 aliphatic carbocycles. The van der Waals surface area contributed by atoms with E-state index in [1.165, 1.54) is 5.56 Å². The fraction of sp³-hybridized carbons (Fsp3) is 0.368. The van der Waals surface area contributed by atoms with Gasteiger partial charge in [0.05, 0.1) is 23.4 Å². The molecule has 1 aliphatic rings. The zero-order valence-corrected chi connectivity index (χ0v) is 15.0. The van der Waals surface area contributed by atoms with E-state index in [1.807, 2.05) is 6.33 Å². The third kappa shape index (κ3) is 2.27. The first-order chi connectivity index (χ1) is 12.7. The lowest BCUT2D eigenvalue weighted by atomic mass is 10.2. The molecular weight excluding hydrogens is 326 g/mol. The van der Waals surface area contributed by atoms with Gasteiger partial charge in [-0.25, -0.2) is 19.9 Å². The number of fused-ring (bicyclic) bond motifs is 2. The van der Waals surface area contributed by atoms with Gasteiger partial charge in [-0.3, -0.25) is 0 Å². The maximum absolute atomic E-state index is 4.85. The van der Waals surface area contributed by atoms with Gasteiger partial charge in [-0.05, 0) is 44.4 Å². The topological polar surface area (TPSA) is 75.5 Å². The molecule has 26 heavy (non-hydrogen) atoms. The van der Waals surface area contributed by atoms with Gasteiger partial charge in [0, 0.05) is 13.1 Å². The predicted molar refractivity (Wildman–Crippen MR) is 101 cm³/mol. The summed E-state index contributed by atoms with van der Waals surface area (Å²) in [6, 6.07) is 6.52. The molecule has 0 spiro atoms. The molecule has 1 N–H and O–H groups in total. The molecule has 7 heteroatoms. The number of benzene rings is 1. The number of H-pyrrole nitrogens is 1. The summed E-state index contributed by atoms with van der Waals surface area (Å²) in [6.07, 6.45) is 5.65. The molecule has 132 valence electrons. The molecule has 1 aliphatic heterocycles. The molecule has 7 nitrogen and oxygen atoms in total. The Balaban J connectivity index is 1.59. The number of hydrogen-bond acceptors (Lipinski definition) is 5. The highest BCUT2D eigenvalue weighted by atomic mass is 15.3. The smallest absolute Gasteiger partial charge is 0.165 e. The summed E-state index contributed by atoms with van der Waals surface area (Å²) in [5.41, 5.74) is 5.10. The Morgan fingerprint density at radius 2 is 2.15 bits per heavy atom. The van der Waals surface area contributed by atoms with Crippen molar-refractivity contribution in [2.75, 3.05) is 11.4 Å². The SMILES string of the molecule is CCn1cnc2c(N3CCC[C@@H]3c3nc4ccc(C)cc4[nH]3)ncnc21. The maximum Gasteiger partial charge on any atom is 0.165 e. The Bertz CT molecular complexity index is 1090. The first-order valence-corrected chi connectivity index (χ1v) is 9.13. The number of nitrogens with one attached hydrogen (secondary N) is 1. The summed E-state index contributed by atoms with van der Waals surface area (Å²) in [5, 5.41) is 0. The fourth-order valence-electron chi connectivity index (χ4n) is 3.92. The zero-order chi connectivity index (χ0) is 17.7. The predicted octanol–water partition coefficient (Wildman–Crippen LogP) is 3.37. The minimum Gasteiger partial charge on any atom is -0.344 e. The van der Waals surface area contributed by atoms with E-state index in [0.29, 0.717) is 0 Å². The van der Waals surface area contributed by atoms with E-state index in [9.17, 15) is 0 Å². The molecule has 4 aromatic rings. The van der Waals surface area contributed by atoms with Crippen LogP contribution in [0.25, 0.3) is 22.2 Å². The second-order valence-corrected chi connectivity index (χ2v) is 6.89. The highest BCUT2D eigenvalue weighted by Crippen LogP contribution is 2.36. The molecular formula is C19H21N7. The molecule has 0 bridgehead atoms. The van der Waals surface area contributed by atoms with E-state index in [0.717, 1.165) is 59.8 Å². The Kier molecular flexibility index (Phi) is 3.41. The van der Waals surface area contributed by atoms with Crippen LogP contribution in [0.15, 0.2) is 30.9 Å². The van der Waals surface area contributed by atoms with Gasteiger partial charge < -0.3 is 14.5 Å². The lowest BCUT2D eigenvalue weighted by Gasteiger charge is -2.24. The molecule has 5 rings (SSSR count). The Morgan fingerprint density at radius 1 is 1.23 bits per heavy atom. The normalized spacial score (nSPS) is 17.6. The Labute approximate surface area is 151 Å². The second kappa shape index (κ2) is 5.79. The van der Waals surface area contributed by atoms with Crippen molar-refractivity contribution in [2.45, 2.75) is 39.3 Å². The number of imidazole rings is 2. The number of anilines is 1. The number of hydrogen-bond donors (Lipinski definition) is 1. The first-order valence-electron chi connectivity index (χ1n) is 9.13. The van der Waals surface area contributed by atoms with Crippen LogP contribution in [-0.4, -0.2) is 36.0 Å². The minimum atomic E-state index is 0.188. The molecule has 1 atom stereocenters. The van der Waals surface area contributed by atoms with Gasteiger partial charge in [-0.1, -0.05) is 6.07 Å². The molecule has 3 aromatic heterocycles. The van der Waals surface area contributed by atoms with Crippen LogP contribution in [0.1, 0.15) is 37.2 Å². The second-order valence-electron chi connectivity index (χ2n) is 6.89. The van der Waals surface area contributed by atoms with Gasteiger partial charge in [-0.2, -0.15) is 0 Å². The van der Waals surface area contributed by atoms with Crippen LogP contribution < -0.4 is 4.90 Å². The number of aryl methyl sites for hydroxylation is 2. The average molecular weight is 347 g/mol. The Hall–Kier alpha value is -2.96. The van der Waals surface area contributed by atoms with Crippen molar-refractivity contribution in [3.63, 3.8) is 0 Å². The molecule has 0 saturated carbocycles. The maximum atomic E-state index is 4.85. The molecule has 0 radical (unpaired) electrons. The van der Waals surface area contributed by atoms with Crippen molar-refractivity contribution < 1.29 is 0 Å². The van der Waals surface area contributed by atoms with Crippen molar-refractivity contribution in [3.8, 4) is 0 Å². The van der Waals surface area contributed by atoms with E-state index < -0.39 is 0 Å². The van der Waals surface area contributed by atoms with E-state index in [4.69, 9.17) is 4.98 Å².